The molecule has 8 heteroatoms. The second-order valence-corrected chi connectivity index (χ2v) is 7.13. The molecule has 140 valence electrons. The third-order valence-electron chi connectivity index (χ3n) is 4.18. The minimum absolute atomic E-state index is 0.0606. The van der Waals surface area contributed by atoms with Crippen LogP contribution in [0.4, 0.5) is 0 Å². The van der Waals surface area contributed by atoms with Crippen molar-refractivity contribution >= 4 is 23.2 Å². The van der Waals surface area contributed by atoms with Crippen LogP contribution in [0.15, 0.2) is 55.1 Å². The van der Waals surface area contributed by atoms with E-state index >= 15 is 0 Å². The molecule has 0 radical (unpaired) electrons. The minimum Gasteiger partial charge on any atom is -0.457 e. The first kappa shape index (κ1) is 18.3. The maximum absolute atomic E-state index is 6.57. The Balaban J connectivity index is 1.62. The second kappa shape index (κ2) is 7.48. The van der Waals surface area contributed by atoms with Gasteiger partial charge in [-0.15, -0.1) is 0 Å². The SMILES string of the molecule is C[C@@H]1CO[C@](Cn2cncn2)(c2ccc(Oc3ccc(Cl)cc3)cc2Cl)O1. The average molecular weight is 406 g/mol. The van der Waals surface area contributed by atoms with Gasteiger partial charge in [-0.05, 0) is 49.4 Å². The molecule has 0 aliphatic carbocycles. The Morgan fingerprint density at radius 1 is 1.19 bits per heavy atom. The molecular weight excluding hydrogens is 389 g/mol. The van der Waals surface area contributed by atoms with Crippen molar-refractivity contribution in [3.8, 4) is 11.5 Å². The topological polar surface area (TPSA) is 58.4 Å². The molecule has 6 nitrogen and oxygen atoms in total. The lowest BCUT2D eigenvalue weighted by atomic mass is 10.1. The number of aromatic nitrogens is 3. The van der Waals surface area contributed by atoms with Crippen LogP contribution in [0.25, 0.3) is 0 Å². The van der Waals surface area contributed by atoms with E-state index in [1.807, 2.05) is 19.1 Å². The summed E-state index contributed by atoms with van der Waals surface area (Å²) in [6, 6.07) is 12.5. The van der Waals surface area contributed by atoms with E-state index < -0.39 is 5.79 Å². The number of rotatable bonds is 5. The third-order valence-corrected chi connectivity index (χ3v) is 4.74. The summed E-state index contributed by atoms with van der Waals surface area (Å²) in [6.07, 6.45) is 3.02. The number of benzene rings is 2. The van der Waals surface area contributed by atoms with Crippen LogP contribution in [-0.4, -0.2) is 27.5 Å². The average Bonchev–Trinajstić information content (AvgIpc) is 3.28. The molecule has 4 rings (SSSR count). The maximum Gasteiger partial charge on any atom is 0.217 e. The number of halogens is 2. The van der Waals surface area contributed by atoms with Crippen LogP contribution in [0.2, 0.25) is 10.0 Å². The molecule has 1 aliphatic heterocycles. The van der Waals surface area contributed by atoms with Gasteiger partial charge in [-0.3, -0.25) is 0 Å². The minimum atomic E-state index is -1.02. The zero-order valence-electron chi connectivity index (χ0n) is 14.5. The molecule has 1 saturated heterocycles. The zero-order valence-corrected chi connectivity index (χ0v) is 16.0. The van der Waals surface area contributed by atoms with E-state index in [1.165, 1.54) is 6.33 Å². The van der Waals surface area contributed by atoms with Gasteiger partial charge in [0.05, 0.1) is 17.7 Å². The van der Waals surface area contributed by atoms with Gasteiger partial charge in [-0.1, -0.05) is 23.2 Å². The van der Waals surface area contributed by atoms with E-state index in [4.69, 9.17) is 37.4 Å². The Morgan fingerprint density at radius 2 is 1.96 bits per heavy atom. The summed E-state index contributed by atoms with van der Waals surface area (Å²) in [5.41, 5.74) is 0.715. The molecule has 2 heterocycles. The molecule has 0 saturated carbocycles. The normalized spacial score (nSPS) is 22.1. The van der Waals surface area contributed by atoms with Crippen molar-refractivity contribution in [1.29, 1.82) is 0 Å². The monoisotopic (exact) mass is 405 g/mol. The Bertz CT molecular complexity index is 918. The molecule has 0 spiro atoms. The first-order valence-electron chi connectivity index (χ1n) is 8.42. The summed E-state index contributed by atoms with van der Waals surface area (Å²) in [7, 11) is 0. The van der Waals surface area contributed by atoms with Crippen molar-refractivity contribution in [2.75, 3.05) is 6.61 Å². The van der Waals surface area contributed by atoms with Crippen molar-refractivity contribution in [3.63, 3.8) is 0 Å². The fraction of sp³-hybridized carbons (Fsp3) is 0.263. The molecule has 0 N–H and O–H groups in total. The van der Waals surface area contributed by atoms with Gasteiger partial charge in [0.15, 0.2) is 0 Å². The van der Waals surface area contributed by atoms with E-state index in [2.05, 4.69) is 10.1 Å². The van der Waals surface area contributed by atoms with Crippen LogP contribution < -0.4 is 4.74 Å². The molecule has 1 aromatic heterocycles. The van der Waals surface area contributed by atoms with Gasteiger partial charge in [-0.2, -0.15) is 5.10 Å². The summed E-state index contributed by atoms with van der Waals surface area (Å²) in [6.45, 7) is 2.76. The van der Waals surface area contributed by atoms with Gasteiger partial charge in [0.25, 0.3) is 0 Å². The van der Waals surface area contributed by atoms with Crippen LogP contribution in [0.1, 0.15) is 12.5 Å². The molecule has 27 heavy (non-hydrogen) atoms. The standard InChI is InChI=1S/C19H17Cl2N3O3/c1-13-9-25-19(27-13,10-24-12-22-11-23-24)17-7-6-16(8-18(17)21)26-15-4-2-14(20)3-5-15/h2-8,11-13H,9-10H2,1H3/t13-,19+/m1/s1. The fourth-order valence-corrected chi connectivity index (χ4v) is 3.43. The molecule has 1 fully saturated rings. The summed E-state index contributed by atoms with van der Waals surface area (Å²) in [4.78, 5) is 3.98. The van der Waals surface area contributed by atoms with Crippen molar-refractivity contribution < 1.29 is 14.2 Å². The second-order valence-electron chi connectivity index (χ2n) is 6.28. The van der Waals surface area contributed by atoms with Crippen LogP contribution in [-0.2, 0) is 21.8 Å². The van der Waals surface area contributed by atoms with Crippen LogP contribution in [0, 0.1) is 0 Å². The van der Waals surface area contributed by atoms with E-state index in [0.29, 0.717) is 40.3 Å². The van der Waals surface area contributed by atoms with Gasteiger partial charge in [0.2, 0.25) is 5.79 Å². The molecular formula is C19H17Cl2N3O3. The Hall–Kier alpha value is -2.12. The van der Waals surface area contributed by atoms with Crippen LogP contribution in [0.3, 0.4) is 0 Å². The van der Waals surface area contributed by atoms with E-state index in [1.54, 1.807) is 41.3 Å². The first-order chi connectivity index (χ1) is 13.0. The number of nitrogens with zero attached hydrogens (tertiary/aromatic N) is 3. The van der Waals surface area contributed by atoms with Crippen LogP contribution >= 0.6 is 23.2 Å². The summed E-state index contributed by atoms with van der Waals surface area (Å²) in [5.74, 6) is 0.249. The van der Waals surface area contributed by atoms with Gasteiger partial charge < -0.3 is 14.2 Å². The van der Waals surface area contributed by atoms with E-state index in [0.717, 1.165) is 0 Å². The Kier molecular flexibility index (Phi) is 5.06. The summed E-state index contributed by atoms with van der Waals surface area (Å²) < 4.78 is 19.6. The largest absolute Gasteiger partial charge is 0.457 e. The Morgan fingerprint density at radius 3 is 2.59 bits per heavy atom. The Labute approximate surface area is 166 Å². The number of ether oxygens (including phenoxy) is 3. The summed E-state index contributed by atoms with van der Waals surface area (Å²) >= 11 is 12.5. The van der Waals surface area contributed by atoms with Crippen molar-refractivity contribution in [2.45, 2.75) is 25.4 Å². The van der Waals surface area contributed by atoms with Crippen molar-refractivity contribution in [1.82, 2.24) is 14.8 Å². The fourth-order valence-electron chi connectivity index (χ4n) is 2.99. The highest BCUT2D eigenvalue weighted by Crippen LogP contribution is 2.41. The predicted molar refractivity (Wildman–Crippen MR) is 101 cm³/mol. The predicted octanol–water partition coefficient (Wildman–Crippen LogP) is 4.67. The van der Waals surface area contributed by atoms with Gasteiger partial charge >= 0.3 is 0 Å². The van der Waals surface area contributed by atoms with Gasteiger partial charge in [-0.25, -0.2) is 9.67 Å². The number of hydrogen-bond donors (Lipinski definition) is 0. The lowest BCUT2D eigenvalue weighted by Crippen LogP contribution is -2.34. The molecule has 1 aliphatic rings. The molecule has 0 amide bonds. The maximum atomic E-state index is 6.57. The molecule has 0 unspecified atom stereocenters. The third kappa shape index (κ3) is 3.94. The van der Waals surface area contributed by atoms with Gasteiger partial charge in [0.1, 0.15) is 30.7 Å². The number of hydrogen-bond acceptors (Lipinski definition) is 5. The van der Waals surface area contributed by atoms with Crippen molar-refractivity contribution in [2.24, 2.45) is 0 Å². The molecule has 2 atom stereocenters. The smallest absolute Gasteiger partial charge is 0.217 e. The van der Waals surface area contributed by atoms with Crippen LogP contribution in [0.5, 0.6) is 11.5 Å². The lowest BCUT2D eigenvalue weighted by molar-refractivity contribution is -0.186. The zero-order chi connectivity index (χ0) is 18.9. The molecule has 3 aromatic rings. The molecule has 0 bridgehead atoms. The highest BCUT2D eigenvalue weighted by Gasteiger charge is 2.44. The summed E-state index contributed by atoms with van der Waals surface area (Å²) in [5, 5.41) is 5.28. The van der Waals surface area contributed by atoms with E-state index in [9.17, 15) is 0 Å². The molecule has 2 aromatic carbocycles. The highest BCUT2D eigenvalue weighted by atomic mass is 35.5. The van der Waals surface area contributed by atoms with Crippen molar-refractivity contribution in [3.05, 3.63) is 70.7 Å². The van der Waals surface area contributed by atoms with Gasteiger partial charge in [0, 0.05) is 10.6 Å². The highest BCUT2D eigenvalue weighted by molar-refractivity contribution is 6.31. The quantitative estimate of drug-likeness (QED) is 0.617. The first-order valence-corrected chi connectivity index (χ1v) is 9.17. The van der Waals surface area contributed by atoms with E-state index in [-0.39, 0.29) is 6.10 Å². The lowest BCUT2D eigenvalue weighted by Gasteiger charge is -2.29.